The zero-order valence-corrected chi connectivity index (χ0v) is 13.7. The van der Waals surface area contributed by atoms with Crippen molar-refractivity contribution in [2.45, 2.75) is 32.7 Å². The summed E-state index contributed by atoms with van der Waals surface area (Å²) < 4.78 is 33.0. The molecule has 0 saturated carbocycles. The van der Waals surface area contributed by atoms with Crippen LogP contribution in [0.2, 0.25) is 0 Å². The van der Waals surface area contributed by atoms with Gasteiger partial charge in [0.15, 0.2) is 0 Å². The van der Waals surface area contributed by atoms with Crippen LogP contribution in [-0.2, 0) is 23.1 Å². The third-order valence-electron chi connectivity index (χ3n) is 2.16. The zero-order valence-electron chi connectivity index (χ0n) is 9.72. The van der Waals surface area contributed by atoms with Crippen LogP contribution in [0, 0.1) is 0 Å². The molecule has 1 rings (SSSR count). The Morgan fingerprint density at radius 2 is 2.12 bits per heavy atom. The van der Waals surface area contributed by atoms with E-state index in [-0.39, 0.29) is 57.1 Å². The summed E-state index contributed by atoms with van der Waals surface area (Å²) in [5, 5.41) is 0. The van der Waals surface area contributed by atoms with Crippen molar-refractivity contribution in [1.29, 1.82) is 0 Å². The Kier molecular flexibility index (Phi) is 8.34. The van der Waals surface area contributed by atoms with Crippen LogP contribution >= 0.6 is 0 Å². The maximum Gasteiger partial charge on any atom is 1.00 e. The van der Waals surface area contributed by atoms with Crippen molar-refractivity contribution in [1.82, 2.24) is 9.55 Å². The van der Waals surface area contributed by atoms with E-state index in [1.165, 1.54) is 0 Å². The summed E-state index contributed by atoms with van der Waals surface area (Å²) in [4.78, 5) is 4.15. The van der Waals surface area contributed by atoms with Crippen molar-refractivity contribution in [2.24, 2.45) is 0 Å². The van der Waals surface area contributed by atoms with Crippen LogP contribution in [0.4, 0.5) is 0 Å². The molecular weight excluding hydrogens is 255 g/mol. The Hall–Kier alpha value is 0.756. The maximum absolute atomic E-state index is 10.3. The molecule has 0 aliphatic heterocycles. The Balaban J connectivity index is 0.00000225. The van der Waals surface area contributed by atoms with Crippen LogP contribution < -0.4 is 51.4 Å². The molecule has 1 aromatic heterocycles. The molecule has 0 atom stereocenters. The molecule has 0 fully saturated rings. The second-order valence-electron chi connectivity index (χ2n) is 3.36. The monoisotopic (exact) mass is 270 g/mol. The van der Waals surface area contributed by atoms with Crippen LogP contribution in [0.1, 0.15) is 25.6 Å². The molecule has 7 heteroatoms. The van der Waals surface area contributed by atoms with Crippen LogP contribution in [-0.4, -0.2) is 28.3 Å². The summed E-state index contributed by atoms with van der Waals surface area (Å²) in [6, 6.07) is 0. The van der Waals surface area contributed by atoms with Crippen molar-refractivity contribution in [3.05, 3.63) is 18.2 Å². The Bertz CT molecular complexity index is 403. The van der Waals surface area contributed by atoms with Gasteiger partial charge in [0.25, 0.3) is 0 Å². The van der Waals surface area contributed by atoms with Crippen molar-refractivity contribution in [2.75, 3.05) is 5.75 Å². The van der Waals surface area contributed by atoms with Gasteiger partial charge in [-0.15, -0.1) is 0 Å². The second kappa shape index (κ2) is 7.96. The van der Waals surface area contributed by atoms with E-state index in [1.54, 1.807) is 6.20 Å². The predicted molar refractivity (Wildman–Crippen MR) is 55.4 cm³/mol. The van der Waals surface area contributed by atoms with Crippen molar-refractivity contribution >= 4 is 10.1 Å². The number of imidazole rings is 1. The normalized spacial score (nSPS) is 11.1. The summed E-state index contributed by atoms with van der Waals surface area (Å²) >= 11 is 0. The Morgan fingerprint density at radius 3 is 2.69 bits per heavy atom. The molecule has 0 N–H and O–H groups in total. The molecule has 0 amide bonds. The molecular formula is C9H15KN2O3S. The van der Waals surface area contributed by atoms with Gasteiger partial charge in [0, 0.05) is 31.1 Å². The van der Waals surface area contributed by atoms with Gasteiger partial charge in [0.1, 0.15) is 5.82 Å². The van der Waals surface area contributed by atoms with E-state index in [4.69, 9.17) is 0 Å². The van der Waals surface area contributed by atoms with Gasteiger partial charge < -0.3 is 9.12 Å². The fourth-order valence-electron chi connectivity index (χ4n) is 1.42. The topological polar surface area (TPSA) is 75.0 Å². The van der Waals surface area contributed by atoms with Crippen LogP contribution in [0.15, 0.2) is 12.4 Å². The van der Waals surface area contributed by atoms with E-state index in [2.05, 4.69) is 4.98 Å². The quantitative estimate of drug-likeness (QED) is 0.333. The van der Waals surface area contributed by atoms with Crippen molar-refractivity contribution in [3.8, 4) is 0 Å². The van der Waals surface area contributed by atoms with Gasteiger partial charge in [-0.05, 0) is 12.8 Å². The van der Waals surface area contributed by atoms with Crippen LogP contribution in [0.5, 0.6) is 0 Å². The number of hydrogen-bond donors (Lipinski definition) is 0. The van der Waals surface area contributed by atoms with Gasteiger partial charge in [0.05, 0.1) is 10.1 Å². The van der Waals surface area contributed by atoms with Gasteiger partial charge in [0.2, 0.25) is 0 Å². The third kappa shape index (κ3) is 6.48. The third-order valence-corrected chi connectivity index (χ3v) is 2.95. The summed E-state index contributed by atoms with van der Waals surface area (Å²) in [6.45, 7) is 2.74. The Morgan fingerprint density at radius 1 is 1.44 bits per heavy atom. The number of unbranched alkanes of at least 4 members (excludes halogenated alkanes) is 1. The van der Waals surface area contributed by atoms with E-state index >= 15 is 0 Å². The fraction of sp³-hybridized carbons (Fsp3) is 0.667. The average Bonchev–Trinajstić information content (AvgIpc) is 2.58. The molecule has 1 aromatic rings. The van der Waals surface area contributed by atoms with E-state index in [0.717, 1.165) is 18.8 Å². The fourth-order valence-corrected chi connectivity index (χ4v) is 1.98. The first-order valence-corrected chi connectivity index (χ1v) is 6.54. The van der Waals surface area contributed by atoms with Gasteiger partial charge >= 0.3 is 51.4 Å². The molecule has 0 aliphatic carbocycles. The molecule has 16 heavy (non-hydrogen) atoms. The number of rotatable bonds is 6. The SMILES string of the molecule is CCc1nccn1CCCCS(=O)(=O)[O-].[K+]. The summed E-state index contributed by atoms with van der Waals surface area (Å²) in [5.41, 5.74) is 0. The van der Waals surface area contributed by atoms with E-state index in [1.807, 2.05) is 17.7 Å². The molecule has 0 aromatic carbocycles. The molecule has 0 spiro atoms. The minimum atomic E-state index is -4.06. The second-order valence-corrected chi connectivity index (χ2v) is 4.88. The minimum absolute atomic E-state index is 0. The molecule has 86 valence electrons. The Labute approximate surface area is 139 Å². The van der Waals surface area contributed by atoms with Gasteiger partial charge in [-0.2, -0.15) is 0 Å². The summed E-state index contributed by atoms with van der Waals surface area (Å²) in [6.07, 6.45) is 5.54. The molecule has 0 unspecified atom stereocenters. The van der Waals surface area contributed by atoms with Gasteiger partial charge in [-0.25, -0.2) is 13.4 Å². The number of aromatic nitrogens is 2. The molecule has 0 saturated heterocycles. The molecule has 0 bridgehead atoms. The van der Waals surface area contributed by atoms with E-state index in [0.29, 0.717) is 12.8 Å². The minimum Gasteiger partial charge on any atom is -0.748 e. The number of nitrogens with zero attached hydrogens (tertiary/aromatic N) is 2. The first-order valence-electron chi connectivity index (χ1n) is 4.96. The van der Waals surface area contributed by atoms with Crippen molar-refractivity contribution < 1.29 is 64.4 Å². The number of aryl methyl sites for hydroxylation is 2. The molecule has 0 aliphatic rings. The van der Waals surface area contributed by atoms with Crippen molar-refractivity contribution in [3.63, 3.8) is 0 Å². The smallest absolute Gasteiger partial charge is 0.748 e. The maximum atomic E-state index is 10.3. The summed E-state index contributed by atoms with van der Waals surface area (Å²) in [5.74, 6) is 0.711. The van der Waals surface area contributed by atoms with E-state index in [9.17, 15) is 13.0 Å². The number of hydrogen-bond acceptors (Lipinski definition) is 4. The van der Waals surface area contributed by atoms with Gasteiger partial charge in [-0.1, -0.05) is 6.92 Å². The van der Waals surface area contributed by atoms with E-state index < -0.39 is 10.1 Å². The predicted octanol–water partition coefficient (Wildman–Crippen LogP) is -2.23. The first-order chi connectivity index (χ1) is 7.03. The largest absolute Gasteiger partial charge is 1.00 e. The standard InChI is InChI=1S/C9H16N2O3S.K/c1-2-9-10-5-7-11(9)6-3-4-8-15(12,13)14;/h5,7H,2-4,6,8H2,1H3,(H,12,13,14);/q;+1/p-1. The first kappa shape index (κ1) is 16.8. The summed E-state index contributed by atoms with van der Waals surface area (Å²) in [7, 11) is -4.06. The molecule has 0 radical (unpaired) electrons. The van der Waals surface area contributed by atoms with Gasteiger partial charge in [-0.3, -0.25) is 0 Å². The zero-order chi connectivity index (χ0) is 11.3. The van der Waals surface area contributed by atoms with Crippen LogP contribution in [0.25, 0.3) is 0 Å². The molecule has 1 heterocycles. The average molecular weight is 270 g/mol. The molecule has 5 nitrogen and oxygen atoms in total. The van der Waals surface area contributed by atoms with Crippen LogP contribution in [0.3, 0.4) is 0 Å².